The fraction of sp³-hybridized carbons (Fsp3) is 0.0476. The molecule has 1 N–H and O–H groups in total. The van der Waals surface area contributed by atoms with E-state index in [0.29, 0.717) is 21.1 Å². The Kier molecular flexibility index (Phi) is 5.50. The third-order valence-electron chi connectivity index (χ3n) is 4.78. The second kappa shape index (κ2) is 7.99. The highest BCUT2D eigenvalue weighted by molar-refractivity contribution is 9.10. The van der Waals surface area contributed by atoms with E-state index in [1.54, 1.807) is 48.5 Å². The number of nitro groups is 1. The van der Waals surface area contributed by atoms with Crippen LogP contribution < -0.4 is 5.32 Å². The summed E-state index contributed by atoms with van der Waals surface area (Å²) < 4.78 is 28.0. The van der Waals surface area contributed by atoms with E-state index in [0.717, 1.165) is 5.56 Å². The van der Waals surface area contributed by atoms with Crippen LogP contribution in [0.5, 0.6) is 0 Å². The molecule has 1 heterocycles. The first kappa shape index (κ1) is 21.4. The van der Waals surface area contributed by atoms with Crippen molar-refractivity contribution in [3.63, 3.8) is 0 Å². The largest absolute Gasteiger partial charge is 0.349 e. The van der Waals surface area contributed by atoms with Crippen molar-refractivity contribution in [2.45, 2.75) is 11.8 Å². The number of benzene rings is 3. The van der Waals surface area contributed by atoms with Crippen molar-refractivity contribution in [2.24, 2.45) is 0 Å². The van der Waals surface area contributed by atoms with E-state index in [4.69, 9.17) is 11.6 Å². The third-order valence-corrected chi connectivity index (χ3v) is 7.68. The minimum Gasteiger partial charge on any atom is -0.349 e. The number of halogens is 2. The maximum absolute atomic E-state index is 13.1. The molecule has 10 heteroatoms. The molecule has 3 aromatic carbocycles. The predicted molar refractivity (Wildman–Crippen MR) is 125 cm³/mol. The molecule has 4 aromatic rings. The molecule has 158 valence electrons. The monoisotopic (exact) mass is 519 g/mol. The first-order valence-corrected chi connectivity index (χ1v) is 11.6. The topological polar surface area (TPSA) is 94.2 Å². The Morgan fingerprint density at radius 1 is 1.06 bits per heavy atom. The van der Waals surface area contributed by atoms with Crippen molar-refractivity contribution in [3.8, 4) is 0 Å². The lowest BCUT2D eigenvalue weighted by atomic mass is 10.2. The summed E-state index contributed by atoms with van der Waals surface area (Å²) in [5.74, 6) is 0. The second-order valence-corrected chi connectivity index (χ2v) is 9.91. The summed E-state index contributed by atoms with van der Waals surface area (Å²) in [7, 11) is -3.81. The molecule has 0 saturated heterocycles. The molecule has 0 bridgehead atoms. The number of aryl methyl sites for hydroxylation is 1. The molecule has 0 spiro atoms. The Balaban J connectivity index is 1.82. The van der Waals surface area contributed by atoms with Crippen molar-refractivity contribution in [2.75, 3.05) is 5.32 Å². The molecule has 7 nitrogen and oxygen atoms in total. The summed E-state index contributed by atoms with van der Waals surface area (Å²) in [5.41, 5.74) is 1.95. The number of anilines is 2. The van der Waals surface area contributed by atoms with Gasteiger partial charge in [-0.25, -0.2) is 12.4 Å². The molecule has 0 unspecified atom stereocenters. The fourth-order valence-electron chi connectivity index (χ4n) is 3.22. The standard InChI is InChI=1S/C21H15BrClN3O4S/c1-13-5-7-14(8-6-13)31(29,30)25-10-9-15-18(3-2-4-20(15)25)24-19-11-16(22)17(23)12-21(19)26(27)28/h2-12,24H,1H3. The van der Waals surface area contributed by atoms with Gasteiger partial charge in [0.05, 0.1) is 20.4 Å². The molecule has 0 radical (unpaired) electrons. The molecule has 0 saturated carbocycles. The van der Waals surface area contributed by atoms with Crippen LogP contribution in [-0.2, 0) is 10.0 Å². The van der Waals surface area contributed by atoms with Gasteiger partial charge in [0.1, 0.15) is 5.69 Å². The predicted octanol–water partition coefficient (Wildman–Crippen LogP) is 6.25. The number of hydrogen-bond acceptors (Lipinski definition) is 5. The molecule has 0 fully saturated rings. The molecule has 4 rings (SSSR count). The van der Waals surface area contributed by atoms with E-state index in [9.17, 15) is 18.5 Å². The molecule has 0 amide bonds. The van der Waals surface area contributed by atoms with Crippen LogP contribution in [0.2, 0.25) is 5.02 Å². The number of hydrogen-bond donors (Lipinski definition) is 1. The van der Waals surface area contributed by atoms with Crippen molar-refractivity contribution < 1.29 is 13.3 Å². The van der Waals surface area contributed by atoms with Gasteiger partial charge >= 0.3 is 0 Å². The Morgan fingerprint density at radius 2 is 1.77 bits per heavy atom. The van der Waals surface area contributed by atoms with Crippen LogP contribution >= 0.6 is 27.5 Å². The fourth-order valence-corrected chi connectivity index (χ4v) is 5.07. The first-order valence-electron chi connectivity index (χ1n) is 9.01. The lowest BCUT2D eigenvalue weighted by Gasteiger charge is -2.11. The van der Waals surface area contributed by atoms with Crippen LogP contribution in [0.25, 0.3) is 10.9 Å². The smallest absolute Gasteiger partial charge is 0.294 e. The van der Waals surface area contributed by atoms with Gasteiger partial charge in [-0.1, -0.05) is 35.4 Å². The first-order chi connectivity index (χ1) is 14.7. The number of nitrogens with zero attached hydrogens (tertiary/aromatic N) is 2. The van der Waals surface area contributed by atoms with Crippen LogP contribution in [-0.4, -0.2) is 17.3 Å². The highest BCUT2D eigenvalue weighted by atomic mass is 79.9. The lowest BCUT2D eigenvalue weighted by Crippen LogP contribution is -2.11. The van der Waals surface area contributed by atoms with E-state index in [1.165, 1.54) is 22.3 Å². The normalized spacial score (nSPS) is 11.6. The quantitative estimate of drug-likeness (QED) is 0.248. The molecule has 1 aromatic heterocycles. The van der Waals surface area contributed by atoms with Gasteiger partial charge in [-0.05, 0) is 59.3 Å². The highest BCUT2D eigenvalue weighted by Crippen LogP contribution is 2.37. The van der Waals surface area contributed by atoms with E-state index in [1.807, 2.05) is 6.92 Å². The minimum absolute atomic E-state index is 0.172. The minimum atomic E-state index is -3.81. The molecule has 0 atom stereocenters. The Labute approximate surface area is 191 Å². The molecular formula is C21H15BrClN3O4S. The lowest BCUT2D eigenvalue weighted by molar-refractivity contribution is -0.383. The van der Waals surface area contributed by atoms with Crippen molar-refractivity contribution in [1.29, 1.82) is 0 Å². The summed E-state index contributed by atoms with van der Waals surface area (Å²) in [4.78, 5) is 11.1. The van der Waals surface area contributed by atoms with Gasteiger partial charge in [0.15, 0.2) is 0 Å². The Bertz CT molecular complexity index is 1430. The maximum Gasteiger partial charge on any atom is 0.294 e. The average Bonchev–Trinajstić information content (AvgIpc) is 3.17. The number of nitro benzene ring substituents is 1. The van der Waals surface area contributed by atoms with E-state index in [2.05, 4.69) is 21.2 Å². The highest BCUT2D eigenvalue weighted by Gasteiger charge is 2.21. The molecule has 0 aliphatic carbocycles. The summed E-state index contributed by atoms with van der Waals surface area (Å²) >= 11 is 9.28. The zero-order chi connectivity index (χ0) is 22.3. The number of fused-ring (bicyclic) bond motifs is 1. The Hall–Kier alpha value is -2.88. The van der Waals surface area contributed by atoms with Gasteiger partial charge in [0, 0.05) is 27.8 Å². The van der Waals surface area contributed by atoms with E-state index in [-0.39, 0.29) is 21.3 Å². The molecular weight excluding hydrogens is 506 g/mol. The van der Waals surface area contributed by atoms with E-state index < -0.39 is 14.9 Å². The van der Waals surface area contributed by atoms with Crippen LogP contribution in [0.1, 0.15) is 5.56 Å². The van der Waals surface area contributed by atoms with Gasteiger partial charge < -0.3 is 5.32 Å². The van der Waals surface area contributed by atoms with Gasteiger partial charge in [0.2, 0.25) is 0 Å². The zero-order valence-electron chi connectivity index (χ0n) is 16.0. The van der Waals surface area contributed by atoms with Crippen molar-refractivity contribution >= 4 is 65.5 Å². The number of aromatic nitrogens is 1. The van der Waals surface area contributed by atoms with Crippen LogP contribution in [0.3, 0.4) is 0 Å². The van der Waals surface area contributed by atoms with Gasteiger partial charge in [-0.15, -0.1) is 0 Å². The van der Waals surface area contributed by atoms with Crippen LogP contribution in [0.4, 0.5) is 17.1 Å². The van der Waals surface area contributed by atoms with Crippen molar-refractivity contribution in [3.05, 3.63) is 92.0 Å². The van der Waals surface area contributed by atoms with Crippen molar-refractivity contribution in [1.82, 2.24) is 3.97 Å². The summed E-state index contributed by atoms with van der Waals surface area (Å²) in [6.07, 6.45) is 1.47. The average molecular weight is 521 g/mol. The summed E-state index contributed by atoms with van der Waals surface area (Å²) in [6.45, 7) is 1.88. The van der Waals surface area contributed by atoms with Gasteiger partial charge in [-0.3, -0.25) is 10.1 Å². The summed E-state index contributed by atoms with van der Waals surface area (Å²) in [6, 6.07) is 16.1. The van der Waals surface area contributed by atoms with Crippen LogP contribution in [0.15, 0.2) is 76.2 Å². The third kappa shape index (κ3) is 3.91. The summed E-state index contributed by atoms with van der Waals surface area (Å²) in [5, 5.41) is 15.3. The molecule has 0 aliphatic rings. The second-order valence-electron chi connectivity index (χ2n) is 6.83. The van der Waals surface area contributed by atoms with Gasteiger partial charge in [0.25, 0.3) is 15.7 Å². The molecule has 0 aliphatic heterocycles. The maximum atomic E-state index is 13.1. The van der Waals surface area contributed by atoms with Gasteiger partial charge in [-0.2, -0.15) is 0 Å². The van der Waals surface area contributed by atoms with Crippen LogP contribution in [0, 0.1) is 17.0 Å². The number of rotatable bonds is 5. The van der Waals surface area contributed by atoms with E-state index >= 15 is 0 Å². The number of nitrogens with one attached hydrogen (secondary N) is 1. The Morgan fingerprint density at radius 3 is 2.45 bits per heavy atom. The zero-order valence-corrected chi connectivity index (χ0v) is 19.2. The SMILES string of the molecule is Cc1ccc(S(=O)(=O)n2ccc3c(Nc4cc(Br)c(Cl)cc4[N+](=O)[O-])cccc32)cc1. The molecule has 31 heavy (non-hydrogen) atoms.